The maximum Gasteiger partial charge on any atom is 0.290 e. The van der Waals surface area contributed by atoms with Crippen molar-refractivity contribution in [3.05, 3.63) is 125 Å². The van der Waals surface area contributed by atoms with Crippen LogP contribution >= 0.6 is 0 Å². The van der Waals surface area contributed by atoms with Crippen LogP contribution in [0.3, 0.4) is 0 Å². The molecule has 234 valence electrons. The number of ether oxygens (including phenoxy) is 3. The van der Waals surface area contributed by atoms with Crippen molar-refractivity contribution in [3.63, 3.8) is 0 Å². The van der Waals surface area contributed by atoms with E-state index in [2.05, 4.69) is 10.3 Å². The highest BCUT2D eigenvalue weighted by molar-refractivity contribution is 5.95. The van der Waals surface area contributed by atoms with Crippen LogP contribution in [-0.2, 0) is 13.0 Å². The highest BCUT2D eigenvalue weighted by atomic mass is 19.1. The fourth-order valence-corrected chi connectivity index (χ4v) is 5.93. The molecule has 11 heteroatoms. The van der Waals surface area contributed by atoms with Gasteiger partial charge in [-0.2, -0.15) is 0 Å². The Morgan fingerprint density at radius 1 is 1.09 bits per heavy atom. The molecule has 10 nitrogen and oxygen atoms in total. The van der Waals surface area contributed by atoms with E-state index in [9.17, 15) is 14.0 Å². The van der Waals surface area contributed by atoms with Crippen LogP contribution in [0.1, 0.15) is 55.8 Å². The topological polar surface area (TPSA) is 108 Å². The maximum absolute atomic E-state index is 14.6. The number of methoxy groups -OCH3 is 1. The minimum Gasteiger partial charge on any atom is -0.493 e. The van der Waals surface area contributed by atoms with Crippen molar-refractivity contribution in [2.45, 2.75) is 25.4 Å². The van der Waals surface area contributed by atoms with Crippen molar-refractivity contribution in [1.29, 1.82) is 0 Å². The van der Waals surface area contributed by atoms with Crippen LogP contribution < -0.4 is 19.5 Å². The molecule has 2 aromatic heterocycles. The Morgan fingerprint density at radius 3 is 2.80 bits per heavy atom. The first-order valence-electron chi connectivity index (χ1n) is 15.0. The van der Waals surface area contributed by atoms with Crippen molar-refractivity contribution in [3.8, 4) is 23.0 Å². The number of aromatic nitrogens is 2. The Labute approximate surface area is 264 Å². The molecule has 3 aliphatic rings. The minimum atomic E-state index is -0.638. The Morgan fingerprint density at radius 2 is 1.96 bits per heavy atom. The number of imidazole rings is 1. The number of amides is 2. The van der Waals surface area contributed by atoms with Crippen LogP contribution in [0.5, 0.6) is 23.0 Å². The fraction of sp³-hybridized carbons (Fsp3) is 0.229. The van der Waals surface area contributed by atoms with Crippen LogP contribution in [0, 0.1) is 5.82 Å². The quantitative estimate of drug-likeness (QED) is 0.271. The lowest BCUT2D eigenvalue weighted by Crippen LogP contribution is -2.40. The van der Waals surface area contributed by atoms with E-state index in [4.69, 9.17) is 18.6 Å². The van der Waals surface area contributed by atoms with Crippen molar-refractivity contribution in [2.75, 3.05) is 26.8 Å². The van der Waals surface area contributed by atoms with Gasteiger partial charge in [0.15, 0.2) is 17.3 Å². The molecule has 46 heavy (non-hydrogen) atoms. The summed E-state index contributed by atoms with van der Waals surface area (Å²) in [5, 5.41) is 2.75. The van der Waals surface area contributed by atoms with E-state index in [1.54, 1.807) is 31.8 Å². The first-order chi connectivity index (χ1) is 22.5. The molecule has 0 saturated heterocycles. The van der Waals surface area contributed by atoms with Gasteiger partial charge in [0.25, 0.3) is 11.8 Å². The molecule has 2 amide bonds. The van der Waals surface area contributed by atoms with Crippen LogP contribution in [0.25, 0.3) is 0 Å². The van der Waals surface area contributed by atoms with Crippen LogP contribution in [0.15, 0.2) is 89.9 Å². The molecule has 8 rings (SSSR count). The number of nitrogens with one attached hydrogen (secondary N) is 1. The minimum absolute atomic E-state index is 0.104. The number of hydrogen-bond acceptors (Lipinski definition) is 7. The number of hydrogen-bond donors (Lipinski definition) is 1. The second kappa shape index (κ2) is 12.4. The standard InChI is InChI=1S/C35H31FN4O6/c1-43-30-9-3-23-18-32(30)44-16-2-12-38-34(41)28-19-25(5-8-29(28)36)45-24-4-7-27-22(17-24)11-14-40(33(23)27)35(42)31-10-6-26(46-31)20-39-15-13-37-21-39/h3-10,13,15,17-19,21,33H,2,11-12,14,16,20H2,1H3,(H,38,41). The van der Waals surface area contributed by atoms with Crippen LogP contribution in [0.4, 0.5) is 4.39 Å². The number of fused-ring (bicyclic) bond motifs is 6. The molecule has 1 unspecified atom stereocenters. The van der Waals surface area contributed by atoms with E-state index in [-0.39, 0.29) is 30.4 Å². The molecule has 1 atom stereocenters. The molecule has 0 radical (unpaired) electrons. The predicted octanol–water partition coefficient (Wildman–Crippen LogP) is 5.76. The summed E-state index contributed by atoms with van der Waals surface area (Å²) in [5.74, 6) is 1.40. The Bertz CT molecular complexity index is 1900. The third-order valence-corrected chi connectivity index (χ3v) is 8.16. The van der Waals surface area contributed by atoms with Gasteiger partial charge in [-0.3, -0.25) is 9.59 Å². The second-order valence-electron chi connectivity index (χ2n) is 11.1. The number of rotatable bonds is 4. The van der Waals surface area contributed by atoms with Gasteiger partial charge in [0.05, 0.1) is 38.2 Å². The van der Waals surface area contributed by atoms with Crippen molar-refractivity contribution in [2.24, 2.45) is 0 Å². The first-order valence-corrected chi connectivity index (χ1v) is 15.0. The normalized spacial score (nSPS) is 16.1. The van der Waals surface area contributed by atoms with Crippen molar-refractivity contribution >= 4 is 11.8 Å². The molecule has 5 aromatic rings. The van der Waals surface area contributed by atoms with E-state index in [0.717, 1.165) is 16.7 Å². The number of carbonyl (C=O) groups excluding carboxylic acids is 2. The smallest absolute Gasteiger partial charge is 0.290 e. The van der Waals surface area contributed by atoms with E-state index < -0.39 is 17.8 Å². The summed E-state index contributed by atoms with van der Waals surface area (Å²) < 4.78 is 40.3. The number of furan rings is 1. The van der Waals surface area contributed by atoms with E-state index in [0.29, 0.717) is 54.7 Å². The van der Waals surface area contributed by atoms with Crippen LogP contribution in [-0.4, -0.2) is 53.1 Å². The maximum atomic E-state index is 14.6. The van der Waals surface area contributed by atoms with Gasteiger partial charge >= 0.3 is 0 Å². The van der Waals surface area contributed by atoms with Crippen molar-refractivity contribution < 1.29 is 32.6 Å². The zero-order valence-corrected chi connectivity index (χ0v) is 25.1. The van der Waals surface area contributed by atoms with E-state index in [1.807, 2.05) is 52.1 Å². The molecule has 3 aliphatic heterocycles. The molecule has 0 spiro atoms. The van der Waals surface area contributed by atoms with Gasteiger partial charge in [0, 0.05) is 25.5 Å². The molecule has 3 aromatic carbocycles. The summed E-state index contributed by atoms with van der Waals surface area (Å²) in [6.45, 7) is 1.42. The highest BCUT2D eigenvalue weighted by Crippen LogP contribution is 2.41. The zero-order valence-electron chi connectivity index (χ0n) is 25.1. The molecular formula is C35H31FN4O6. The number of halogens is 1. The Hall–Kier alpha value is -5.58. The van der Waals surface area contributed by atoms with Gasteiger partial charge in [-0.1, -0.05) is 12.1 Å². The van der Waals surface area contributed by atoms with E-state index in [1.165, 1.54) is 18.2 Å². The summed E-state index contributed by atoms with van der Waals surface area (Å²) in [4.78, 5) is 32.7. The summed E-state index contributed by atoms with van der Waals surface area (Å²) in [7, 11) is 1.56. The summed E-state index contributed by atoms with van der Waals surface area (Å²) >= 11 is 0. The largest absolute Gasteiger partial charge is 0.493 e. The lowest BCUT2D eigenvalue weighted by molar-refractivity contribution is 0.0659. The lowest BCUT2D eigenvalue weighted by atomic mass is 9.87. The molecule has 8 bridgehead atoms. The monoisotopic (exact) mass is 622 g/mol. The first kappa shape index (κ1) is 29.1. The molecule has 0 saturated carbocycles. The van der Waals surface area contributed by atoms with Gasteiger partial charge in [0.2, 0.25) is 0 Å². The molecule has 0 aliphatic carbocycles. The predicted molar refractivity (Wildman–Crippen MR) is 165 cm³/mol. The number of carbonyl (C=O) groups is 2. The molecular weight excluding hydrogens is 591 g/mol. The van der Waals surface area contributed by atoms with Gasteiger partial charge in [-0.15, -0.1) is 0 Å². The zero-order chi connectivity index (χ0) is 31.6. The van der Waals surface area contributed by atoms with Gasteiger partial charge in [0.1, 0.15) is 23.1 Å². The van der Waals surface area contributed by atoms with Crippen LogP contribution in [0.2, 0.25) is 0 Å². The SMILES string of the molecule is COc1ccc2cc1OCCCNC(=O)c1cc(ccc1F)Oc1ccc3c(c1)CCN(C(=O)c1ccc(Cn4ccnc4)o1)C23. The van der Waals surface area contributed by atoms with Crippen molar-refractivity contribution in [1.82, 2.24) is 19.8 Å². The third kappa shape index (κ3) is 5.79. The third-order valence-electron chi connectivity index (χ3n) is 8.16. The van der Waals surface area contributed by atoms with E-state index >= 15 is 0 Å². The lowest BCUT2D eigenvalue weighted by Gasteiger charge is -2.37. The number of nitrogens with zero attached hydrogens (tertiary/aromatic N) is 3. The summed E-state index contributed by atoms with van der Waals surface area (Å²) in [6, 6.07) is 18.5. The summed E-state index contributed by atoms with van der Waals surface area (Å²) in [5.41, 5.74) is 2.65. The Balaban J connectivity index is 1.28. The van der Waals surface area contributed by atoms with Gasteiger partial charge in [-0.25, -0.2) is 9.37 Å². The average Bonchev–Trinajstić information content (AvgIpc) is 3.77. The second-order valence-corrected chi connectivity index (χ2v) is 11.1. The molecule has 5 heterocycles. The molecule has 0 fully saturated rings. The number of benzene rings is 3. The highest BCUT2D eigenvalue weighted by Gasteiger charge is 2.35. The molecule has 1 N–H and O–H groups in total. The Kier molecular flexibility index (Phi) is 7.88. The van der Waals surface area contributed by atoms with Gasteiger partial charge in [-0.05, 0) is 84.1 Å². The fourth-order valence-electron chi connectivity index (χ4n) is 5.93. The van der Waals surface area contributed by atoms with Gasteiger partial charge < -0.3 is 33.4 Å². The average molecular weight is 623 g/mol. The summed E-state index contributed by atoms with van der Waals surface area (Å²) in [6.07, 6.45) is 6.25.